The number of rotatable bonds is 4. The molecule has 1 fully saturated rings. The number of aldehydes is 1. The molecule has 2 aliphatic heterocycles. The van der Waals surface area contributed by atoms with Gasteiger partial charge in [0.1, 0.15) is 12.0 Å². The molecule has 1 spiro atoms. The SMILES string of the molecule is CN1CCC2(CC1)COc1ccc(CN)cc12.O=Cc1ccc(Cl)c(-c2cccc([B]O)c2)c1. The summed E-state index contributed by atoms with van der Waals surface area (Å²) in [5.74, 6) is 1.08. The van der Waals surface area contributed by atoms with E-state index in [0.717, 1.165) is 50.3 Å². The van der Waals surface area contributed by atoms with E-state index in [9.17, 15) is 4.79 Å². The highest BCUT2D eigenvalue weighted by Crippen LogP contribution is 2.45. The topological polar surface area (TPSA) is 75.8 Å². The van der Waals surface area contributed by atoms with Gasteiger partial charge in [0.05, 0.1) is 6.61 Å². The molecule has 175 valence electrons. The van der Waals surface area contributed by atoms with Gasteiger partial charge in [0, 0.05) is 33.7 Å². The van der Waals surface area contributed by atoms with Crippen molar-refractivity contribution in [2.75, 3.05) is 26.7 Å². The van der Waals surface area contributed by atoms with Crippen LogP contribution in [0.4, 0.5) is 0 Å². The van der Waals surface area contributed by atoms with Crippen LogP contribution in [0.1, 0.15) is 34.3 Å². The standard InChI is InChI=1S/C14H20N2O.C13H9BClO2/c1-16-6-4-14(5-7-16)10-17-13-3-2-11(9-15)8-12(13)14;15-13-5-4-9(8-16)6-12(13)10-2-1-3-11(7-10)14-17/h2-3,8H,4-7,9-10,15H2,1H3;1-8,17H. The van der Waals surface area contributed by atoms with Crippen molar-refractivity contribution in [2.45, 2.75) is 24.8 Å². The average molecular weight is 476 g/mol. The maximum absolute atomic E-state index is 10.7. The second-order valence-corrected chi connectivity index (χ2v) is 9.43. The van der Waals surface area contributed by atoms with Crippen molar-refractivity contribution in [1.29, 1.82) is 0 Å². The minimum atomic E-state index is 0.257. The molecule has 0 aromatic heterocycles. The lowest BCUT2D eigenvalue weighted by Crippen LogP contribution is -2.41. The van der Waals surface area contributed by atoms with Crippen LogP contribution in [-0.2, 0) is 12.0 Å². The number of carbonyl (C=O) groups is 1. The number of halogens is 1. The molecule has 0 saturated carbocycles. The summed E-state index contributed by atoms with van der Waals surface area (Å²) in [5.41, 5.74) is 11.5. The molecule has 0 aliphatic carbocycles. The smallest absolute Gasteiger partial charge is 0.326 e. The van der Waals surface area contributed by atoms with E-state index >= 15 is 0 Å². The molecule has 5 nitrogen and oxygen atoms in total. The van der Waals surface area contributed by atoms with Crippen molar-refractivity contribution in [3.63, 3.8) is 0 Å². The van der Waals surface area contributed by atoms with E-state index in [-0.39, 0.29) is 5.41 Å². The summed E-state index contributed by atoms with van der Waals surface area (Å²) in [7, 11) is 3.22. The van der Waals surface area contributed by atoms with Gasteiger partial charge in [0.2, 0.25) is 0 Å². The first-order chi connectivity index (χ1) is 16.5. The Kier molecular flexibility index (Phi) is 7.74. The summed E-state index contributed by atoms with van der Waals surface area (Å²) >= 11 is 6.09. The quantitative estimate of drug-likeness (QED) is 0.446. The average Bonchev–Trinajstić information content (AvgIpc) is 3.24. The number of hydrogen-bond donors (Lipinski definition) is 2. The Morgan fingerprint density at radius 2 is 1.94 bits per heavy atom. The normalized spacial score (nSPS) is 16.2. The summed E-state index contributed by atoms with van der Waals surface area (Å²) < 4.78 is 5.87. The maximum Gasteiger partial charge on any atom is 0.326 e. The minimum Gasteiger partial charge on any atom is -0.492 e. The summed E-state index contributed by atoms with van der Waals surface area (Å²) in [5, 5.41) is 9.54. The molecule has 0 bridgehead atoms. The molecule has 0 unspecified atom stereocenters. The molecule has 2 aliphatic rings. The van der Waals surface area contributed by atoms with Crippen LogP contribution in [0, 0.1) is 0 Å². The molecule has 2 heterocycles. The Hall–Kier alpha value is -2.64. The second kappa shape index (κ2) is 10.7. The zero-order valence-electron chi connectivity index (χ0n) is 19.3. The Morgan fingerprint density at radius 1 is 1.15 bits per heavy atom. The van der Waals surface area contributed by atoms with E-state index in [1.165, 1.54) is 24.0 Å². The van der Waals surface area contributed by atoms with Gasteiger partial charge >= 0.3 is 7.48 Å². The molecule has 5 rings (SSSR count). The van der Waals surface area contributed by atoms with E-state index in [0.29, 0.717) is 22.6 Å². The van der Waals surface area contributed by atoms with Gasteiger partial charge < -0.3 is 20.4 Å². The number of ether oxygens (including phenoxy) is 1. The zero-order valence-corrected chi connectivity index (χ0v) is 20.1. The first-order valence-corrected chi connectivity index (χ1v) is 11.8. The van der Waals surface area contributed by atoms with Crippen molar-refractivity contribution >= 4 is 30.8 Å². The lowest BCUT2D eigenvalue weighted by Gasteiger charge is -2.36. The Bertz CT molecular complexity index is 1160. The van der Waals surface area contributed by atoms with Crippen molar-refractivity contribution in [3.8, 4) is 16.9 Å². The first-order valence-electron chi connectivity index (χ1n) is 11.5. The van der Waals surface area contributed by atoms with E-state index in [1.54, 1.807) is 30.3 Å². The number of carbonyl (C=O) groups excluding carboxylic acids is 1. The van der Waals surface area contributed by atoms with Gasteiger partial charge in [-0.3, -0.25) is 4.79 Å². The molecule has 7 heteroatoms. The van der Waals surface area contributed by atoms with E-state index in [4.69, 9.17) is 27.1 Å². The fourth-order valence-corrected chi connectivity index (χ4v) is 4.85. The Labute approximate surface area is 206 Å². The number of likely N-dealkylation sites (tertiary alicyclic amines) is 1. The fraction of sp³-hybridized carbons (Fsp3) is 0.296. The first kappa shape index (κ1) is 24.5. The molecular formula is C27H29BClN2O3. The predicted octanol–water partition coefficient (Wildman–Crippen LogP) is 3.56. The molecule has 34 heavy (non-hydrogen) atoms. The van der Waals surface area contributed by atoms with Crippen LogP contribution in [0.25, 0.3) is 11.1 Å². The van der Waals surface area contributed by atoms with E-state index < -0.39 is 0 Å². The molecular weight excluding hydrogens is 447 g/mol. The monoisotopic (exact) mass is 475 g/mol. The fourth-order valence-electron chi connectivity index (χ4n) is 4.62. The highest BCUT2D eigenvalue weighted by molar-refractivity contribution is 6.45. The minimum absolute atomic E-state index is 0.257. The Morgan fingerprint density at radius 3 is 2.65 bits per heavy atom. The van der Waals surface area contributed by atoms with Crippen LogP contribution in [0.3, 0.4) is 0 Å². The number of nitrogens with zero attached hydrogens (tertiary/aromatic N) is 1. The summed E-state index contributed by atoms with van der Waals surface area (Å²) in [4.78, 5) is 13.1. The van der Waals surface area contributed by atoms with Crippen molar-refractivity contribution in [3.05, 3.63) is 82.4 Å². The number of benzene rings is 3. The van der Waals surface area contributed by atoms with Gasteiger partial charge in [-0.05, 0) is 62.3 Å². The van der Waals surface area contributed by atoms with Crippen molar-refractivity contribution in [2.24, 2.45) is 5.73 Å². The summed E-state index contributed by atoms with van der Waals surface area (Å²) in [6.45, 7) is 3.79. The third-order valence-corrected chi connectivity index (χ3v) is 7.10. The Balaban J connectivity index is 0.000000161. The zero-order chi connectivity index (χ0) is 24.1. The van der Waals surface area contributed by atoms with Crippen LogP contribution in [0.5, 0.6) is 5.75 Å². The maximum atomic E-state index is 10.7. The number of fused-ring (bicyclic) bond motifs is 2. The van der Waals surface area contributed by atoms with Crippen LogP contribution in [0.15, 0.2) is 60.7 Å². The third-order valence-electron chi connectivity index (χ3n) is 6.77. The molecule has 3 aromatic rings. The van der Waals surface area contributed by atoms with Gasteiger partial charge in [-0.1, -0.05) is 59.5 Å². The van der Waals surface area contributed by atoms with Crippen LogP contribution < -0.4 is 15.9 Å². The number of hydrogen-bond acceptors (Lipinski definition) is 5. The lowest BCUT2D eigenvalue weighted by atomic mass is 9.74. The largest absolute Gasteiger partial charge is 0.492 e. The number of nitrogens with two attached hydrogens (primary N) is 1. The van der Waals surface area contributed by atoms with Crippen LogP contribution >= 0.6 is 11.6 Å². The number of piperidine rings is 1. The van der Waals surface area contributed by atoms with Crippen LogP contribution in [-0.4, -0.2) is 50.4 Å². The van der Waals surface area contributed by atoms with Gasteiger partial charge in [0.15, 0.2) is 0 Å². The van der Waals surface area contributed by atoms with Gasteiger partial charge in [0.25, 0.3) is 0 Å². The molecule has 1 saturated heterocycles. The summed E-state index contributed by atoms with van der Waals surface area (Å²) in [6, 6.07) is 18.8. The van der Waals surface area contributed by atoms with Gasteiger partial charge in [-0.15, -0.1) is 0 Å². The molecule has 1 radical (unpaired) electrons. The molecule has 0 amide bonds. The lowest BCUT2D eigenvalue weighted by molar-refractivity contribution is 0.112. The van der Waals surface area contributed by atoms with Crippen molar-refractivity contribution < 1.29 is 14.6 Å². The van der Waals surface area contributed by atoms with Gasteiger partial charge in [-0.2, -0.15) is 0 Å². The van der Waals surface area contributed by atoms with Crippen molar-refractivity contribution in [1.82, 2.24) is 4.90 Å². The van der Waals surface area contributed by atoms with Gasteiger partial charge in [-0.25, -0.2) is 0 Å². The highest BCUT2D eigenvalue weighted by atomic mass is 35.5. The predicted molar refractivity (Wildman–Crippen MR) is 138 cm³/mol. The van der Waals surface area contributed by atoms with E-state index in [1.807, 2.05) is 12.1 Å². The molecule has 3 aromatic carbocycles. The highest BCUT2D eigenvalue weighted by Gasteiger charge is 2.42. The third kappa shape index (κ3) is 5.21. The van der Waals surface area contributed by atoms with Crippen LogP contribution in [0.2, 0.25) is 5.02 Å². The molecule has 3 N–H and O–H groups in total. The summed E-state index contributed by atoms with van der Waals surface area (Å²) in [6.07, 6.45) is 3.18. The second-order valence-electron chi connectivity index (χ2n) is 9.02. The van der Waals surface area contributed by atoms with E-state index in [2.05, 4.69) is 30.1 Å². The molecule has 0 atom stereocenters.